The molecule has 1 aliphatic heterocycles. The summed E-state index contributed by atoms with van der Waals surface area (Å²) < 4.78 is 28.2. The molecule has 0 aliphatic carbocycles. The van der Waals surface area contributed by atoms with Crippen molar-refractivity contribution in [2.24, 2.45) is 0 Å². The van der Waals surface area contributed by atoms with Crippen LogP contribution in [0.25, 0.3) is 0 Å². The van der Waals surface area contributed by atoms with Crippen LogP contribution in [-0.2, 0) is 20.9 Å². The van der Waals surface area contributed by atoms with Gasteiger partial charge in [-0.15, -0.1) is 0 Å². The minimum Gasteiger partial charge on any atom is -0.391 e. The van der Waals surface area contributed by atoms with E-state index in [1.54, 1.807) is 38.2 Å². The fourth-order valence-corrected chi connectivity index (χ4v) is 3.66. The molecule has 4 atom stereocenters. The quantitative estimate of drug-likeness (QED) is 0.500. The van der Waals surface area contributed by atoms with Gasteiger partial charge >= 0.3 is 0 Å². The highest BCUT2D eigenvalue weighted by Crippen LogP contribution is 2.35. The molecule has 3 rings (SSSR count). The van der Waals surface area contributed by atoms with Gasteiger partial charge in [-0.05, 0) is 44.2 Å². The Bertz CT molecular complexity index is 1040. The van der Waals surface area contributed by atoms with Gasteiger partial charge < -0.3 is 26.0 Å². The number of carbonyl (C=O) groups excluding carboxylic acids is 3. The van der Waals surface area contributed by atoms with Crippen LogP contribution in [0, 0.1) is 11.6 Å². The minimum absolute atomic E-state index is 0.0213. The third-order valence-electron chi connectivity index (χ3n) is 5.62. The first kappa shape index (κ1) is 24.3. The molecule has 0 aromatic heterocycles. The van der Waals surface area contributed by atoms with Crippen molar-refractivity contribution in [1.29, 1.82) is 0 Å². The second-order valence-electron chi connectivity index (χ2n) is 7.89. The van der Waals surface area contributed by atoms with Crippen LogP contribution in [0.2, 0.25) is 0 Å². The average Bonchev–Trinajstić information content (AvgIpc) is 3.18. The molecule has 0 radical (unpaired) electrons. The van der Waals surface area contributed by atoms with E-state index in [1.165, 1.54) is 17.9 Å². The molecule has 0 spiro atoms. The molecule has 2 aromatic carbocycles. The van der Waals surface area contributed by atoms with Gasteiger partial charge in [0, 0.05) is 6.54 Å². The number of aliphatic hydroxyl groups excluding tert-OH is 1. The number of carbonyl (C=O) groups is 3. The Morgan fingerprint density at radius 2 is 1.70 bits per heavy atom. The molecule has 4 unspecified atom stereocenters. The summed E-state index contributed by atoms with van der Waals surface area (Å²) in [6, 6.07) is 6.80. The Morgan fingerprint density at radius 3 is 2.30 bits per heavy atom. The second kappa shape index (κ2) is 10.1. The largest absolute Gasteiger partial charge is 0.391 e. The van der Waals surface area contributed by atoms with Crippen LogP contribution in [0.5, 0.6) is 0 Å². The molecule has 4 N–H and O–H groups in total. The van der Waals surface area contributed by atoms with Crippen molar-refractivity contribution in [1.82, 2.24) is 15.5 Å². The van der Waals surface area contributed by atoms with Gasteiger partial charge in [-0.3, -0.25) is 14.4 Å². The maximum absolute atomic E-state index is 14.1. The Morgan fingerprint density at radius 1 is 1.06 bits per heavy atom. The number of amides is 3. The van der Waals surface area contributed by atoms with E-state index < -0.39 is 59.3 Å². The van der Waals surface area contributed by atoms with Crippen LogP contribution in [0.15, 0.2) is 42.5 Å². The van der Waals surface area contributed by atoms with Gasteiger partial charge in [0.2, 0.25) is 11.8 Å². The molecule has 0 fully saturated rings. The maximum atomic E-state index is 14.1. The van der Waals surface area contributed by atoms with Crippen molar-refractivity contribution in [2.75, 3.05) is 12.4 Å². The first-order valence-electron chi connectivity index (χ1n) is 10.4. The highest BCUT2D eigenvalue weighted by Gasteiger charge is 2.42. The standard InChI is InChI=1S/C23H26F2N4O4/c1-12(26-3)21(31)27-18(13(2)30)23(33)29-11-14-7-4-5-8-15(14)20(29)22(32)28-19-16(24)9-6-10-17(19)25/h4-10,12-13,18,20,26,30H,11H2,1-3H3,(H,27,31)(H,28,32). The van der Waals surface area contributed by atoms with Gasteiger partial charge in [0.15, 0.2) is 0 Å². The number of rotatable bonds is 7. The summed E-state index contributed by atoms with van der Waals surface area (Å²) in [5, 5.41) is 17.7. The lowest BCUT2D eigenvalue weighted by Gasteiger charge is -2.30. The van der Waals surface area contributed by atoms with E-state index in [0.717, 1.165) is 12.1 Å². The van der Waals surface area contributed by atoms with E-state index >= 15 is 0 Å². The number of likely N-dealkylation sites (N-methyl/N-ethyl adjacent to an activating group) is 1. The molecule has 8 nitrogen and oxygen atoms in total. The van der Waals surface area contributed by atoms with Gasteiger partial charge in [0.1, 0.15) is 29.4 Å². The third kappa shape index (κ3) is 5.01. The summed E-state index contributed by atoms with van der Waals surface area (Å²) in [5.41, 5.74) is 0.529. The lowest BCUT2D eigenvalue weighted by atomic mass is 10.0. The molecule has 1 aliphatic rings. The fraction of sp³-hybridized carbons (Fsp3) is 0.348. The van der Waals surface area contributed by atoms with Gasteiger partial charge in [-0.1, -0.05) is 30.3 Å². The lowest BCUT2D eigenvalue weighted by molar-refractivity contribution is -0.144. The number of benzene rings is 2. The zero-order valence-electron chi connectivity index (χ0n) is 18.4. The summed E-state index contributed by atoms with van der Waals surface area (Å²) >= 11 is 0. The smallest absolute Gasteiger partial charge is 0.252 e. The van der Waals surface area contributed by atoms with E-state index in [9.17, 15) is 28.3 Å². The number of para-hydroxylation sites is 1. The minimum atomic E-state index is -1.33. The van der Waals surface area contributed by atoms with Gasteiger partial charge in [0.05, 0.1) is 12.1 Å². The van der Waals surface area contributed by atoms with E-state index in [4.69, 9.17) is 0 Å². The van der Waals surface area contributed by atoms with Crippen molar-refractivity contribution in [3.05, 3.63) is 65.2 Å². The zero-order chi connectivity index (χ0) is 24.3. The second-order valence-corrected chi connectivity index (χ2v) is 7.89. The molecule has 0 saturated heterocycles. The monoisotopic (exact) mass is 460 g/mol. The third-order valence-corrected chi connectivity index (χ3v) is 5.62. The number of fused-ring (bicyclic) bond motifs is 1. The number of hydrogen-bond acceptors (Lipinski definition) is 5. The number of hydrogen-bond donors (Lipinski definition) is 4. The predicted octanol–water partition coefficient (Wildman–Crippen LogP) is 1.46. The van der Waals surface area contributed by atoms with Crippen LogP contribution in [0.1, 0.15) is 31.0 Å². The first-order chi connectivity index (χ1) is 15.6. The lowest BCUT2D eigenvalue weighted by Crippen LogP contribution is -2.56. The molecular weight excluding hydrogens is 434 g/mol. The Labute approximate surface area is 190 Å². The summed E-state index contributed by atoms with van der Waals surface area (Å²) in [6.07, 6.45) is -1.26. The van der Waals surface area contributed by atoms with Crippen molar-refractivity contribution < 1.29 is 28.3 Å². The number of aliphatic hydroxyl groups is 1. The van der Waals surface area contributed by atoms with Crippen molar-refractivity contribution >= 4 is 23.4 Å². The topological polar surface area (TPSA) is 111 Å². The van der Waals surface area contributed by atoms with Crippen molar-refractivity contribution in [2.45, 2.75) is 44.6 Å². The number of nitrogens with zero attached hydrogens (tertiary/aromatic N) is 1. The normalized spacial score (nSPS) is 17.6. The predicted molar refractivity (Wildman–Crippen MR) is 117 cm³/mol. The van der Waals surface area contributed by atoms with E-state index in [-0.39, 0.29) is 6.54 Å². The summed E-state index contributed by atoms with van der Waals surface area (Å²) in [4.78, 5) is 40.1. The summed E-state index contributed by atoms with van der Waals surface area (Å²) in [6.45, 7) is 2.96. The molecule has 10 heteroatoms. The fourth-order valence-electron chi connectivity index (χ4n) is 3.66. The molecule has 176 valence electrons. The molecule has 2 aromatic rings. The highest BCUT2D eigenvalue weighted by molar-refractivity contribution is 6.00. The Hall–Kier alpha value is -3.37. The molecule has 1 heterocycles. The van der Waals surface area contributed by atoms with Gasteiger partial charge in [-0.25, -0.2) is 8.78 Å². The first-order valence-corrected chi connectivity index (χ1v) is 10.4. The van der Waals surface area contributed by atoms with E-state index in [1.807, 2.05) is 0 Å². The van der Waals surface area contributed by atoms with Crippen LogP contribution in [0.3, 0.4) is 0 Å². The van der Waals surface area contributed by atoms with E-state index in [2.05, 4.69) is 16.0 Å². The van der Waals surface area contributed by atoms with Gasteiger partial charge in [-0.2, -0.15) is 0 Å². The highest BCUT2D eigenvalue weighted by atomic mass is 19.1. The SMILES string of the molecule is CNC(C)C(=O)NC(C(=O)N1Cc2ccccc2C1C(=O)Nc1c(F)cccc1F)C(C)O. The molecular formula is C23H26F2N4O4. The average molecular weight is 460 g/mol. The Balaban J connectivity index is 1.93. The van der Waals surface area contributed by atoms with Crippen LogP contribution in [-0.4, -0.2) is 53.0 Å². The summed E-state index contributed by atoms with van der Waals surface area (Å²) in [5.74, 6) is -3.95. The molecule has 0 bridgehead atoms. The number of nitrogens with one attached hydrogen (secondary N) is 3. The maximum Gasteiger partial charge on any atom is 0.252 e. The van der Waals surface area contributed by atoms with Crippen molar-refractivity contribution in [3.63, 3.8) is 0 Å². The summed E-state index contributed by atoms with van der Waals surface area (Å²) in [7, 11) is 1.57. The Kier molecular flexibility index (Phi) is 7.39. The molecule has 33 heavy (non-hydrogen) atoms. The number of anilines is 1. The zero-order valence-corrected chi connectivity index (χ0v) is 18.4. The molecule has 3 amide bonds. The van der Waals surface area contributed by atoms with Crippen LogP contribution in [0.4, 0.5) is 14.5 Å². The van der Waals surface area contributed by atoms with Gasteiger partial charge in [0.25, 0.3) is 5.91 Å². The van der Waals surface area contributed by atoms with Crippen molar-refractivity contribution in [3.8, 4) is 0 Å². The number of halogens is 2. The molecule has 0 saturated carbocycles. The van der Waals surface area contributed by atoms with Crippen LogP contribution >= 0.6 is 0 Å². The van der Waals surface area contributed by atoms with Crippen LogP contribution < -0.4 is 16.0 Å². The van der Waals surface area contributed by atoms with E-state index in [0.29, 0.717) is 11.1 Å².